The van der Waals surface area contributed by atoms with Gasteiger partial charge in [-0.3, -0.25) is 0 Å². The van der Waals surface area contributed by atoms with Gasteiger partial charge in [0.05, 0.1) is 51.2 Å². The maximum absolute atomic E-state index is 13.5. The molecular weight excluding hydrogens is 776 g/mol. The lowest BCUT2D eigenvalue weighted by Crippen LogP contribution is -2.47. The number of carbonyl (C=O) groups is 2. The van der Waals surface area contributed by atoms with Gasteiger partial charge in [0.1, 0.15) is 18.1 Å². The average molecular weight is 828 g/mol. The number of nitrogens with one attached hydrogen (secondary N) is 3. The van der Waals surface area contributed by atoms with Crippen molar-refractivity contribution in [2.24, 2.45) is 0 Å². The van der Waals surface area contributed by atoms with E-state index in [0.29, 0.717) is 52.3 Å². The number of urea groups is 1. The Bertz CT molecular complexity index is 2020. The number of methoxy groups -OCH3 is 1. The fourth-order valence-corrected chi connectivity index (χ4v) is 7.78. The van der Waals surface area contributed by atoms with Gasteiger partial charge >= 0.3 is 12.1 Å². The van der Waals surface area contributed by atoms with E-state index in [0.717, 1.165) is 61.1 Å². The van der Waals surface area contributed by atoms with Gasteiger partial charge in [0.15, 0.2) is 0 Å². The number of fused-ring (bicyclic) bond motifs is 1. The van der Waals surface area contributed by atoms with Crippen molar-refractivity contribution in [3.63, 3.8) is 0 Å². The molecule has 0 aliphatic carbocycles. The minimum atomic E-state index is -0.407. The molecule has 3 unspecified atom stereocenters. The van der Waals surface area contributed by atoms with Gasteiger partial charge < -0.3 is 44.2 Å². The Morgan fingerprint density at radius 2 is 1.75 bits per heavy atom. The SMILES string of the molecule is CNC(=O)NCCC(OC1CN(C(=O)OCc2ccccc2)CCC1c1ccc(OCCCOCc2ccccc2OC)cc1)c1ccc2c(C)c[nH]c2c1Br. The maximum atomic E-state index is 13.5. The van der Waals surface area contributed by atoms with Crippen LogP contribution in [0.2, 0.25) is 0 Å². The third-order valence-corrected chi connectivity index (χ3v) is 11.0. The molecule has 1 aromatic heterocycles. The molecule has 0 radical (unpaired) electrons. The standard InChI is InChI=1S/C44H51BrN4O7/c1-30-26-48-42-35(30)18-19-37(41(42)45)39(20-22-47-43(50)46-2)56-40-27-49(44(51)55-28-31-10-5-4-6-11-31)23-21-36(40)32-14-16-34(17-15-32)54-25-9-24-53-29-33-12-7-8-13-38(33)52-3/h4-8,10-19,26,36,39-40,48H,9,20-25,27-29H2,1-3H3,(H2,46,47,50). The molecule has 3 N–H and O–H groups in total. The Hall–Kier alpha value is -5.04. The van der Waals surface area contributed by atoms with Crippen LogP contribution >= 0.6 is 15.9 Å². The number of halogens is 1. The molecule has 0 spiro atoms. The van der Waals surface area contributed by atoms with Crippen LogP contribution < -0.4 is 20.1 Å². The number of hydrogen-bond acceptors (Lipinski definition) is 7. The van der Waals surface area contributed by atoms with E-state index >= 15 is 0 Å². The van der Waals surface area contributed by atoms with Gasteiger partial charge in [0, 0.05) is 54.1 Å². The van der Waals surface area contributed by atoms with Gasteiger partial charge in [0.2, 0.25) is 0 Å². The molecule has 3 atom stereocenters. The summed E-state index contributed by atoms with van der Waals surface area (Å²) in [4.78, 5) is 30.7. The zero-order valence-electron chi connectivity index (χ0n) is 32.2. The van der Waals surface area contributed by atoms with E-state index in [1.54, 1.807) is 19.1 Å². The maximum Gasteiger partial charge on any atom is 0.410 e. The van der Waals surface area contributed by atoms with Crippen LogP contribution in [0, 0.1) is 6.92 Å². The summed E-state index contributed by atoms with van der Waals surface area (Å²) in [5.41, 5.74) is 6.12. The predicted octanol–water partition coefficient (Wildman–Crippen LogP) is 8.80. The molecule has 0 saturated carbocycles. The van der Waals surface area contributed by atoms with E-state index in [-0.39, 0.29) is 30.8 Å². The molecule has 6 rings (SSSR count). The van der Waals surface area contributed by atoms with E-state index in [2.05, 4.69) is 62.7 Å². The van der Waals surface area contributed by atoms with Crippen LogP contribution in [0.3, 0.4) is 0 Å². The Morgan fingerprint density at radius 1 is 0.964 bits per heavy atom. The van der Waals surface area contributed by atoms with Crippen molar-refractivity contribution in [3.05, 3.63) is 129 Å². The van der Waals surface area contributed by atoms with Gasteiger partial charge in [-0.2, -0.15) is 0 Å². The molecule has 11 nitrogen and oxygen atoms in total. The zero-order chi connectivity index (χ0) is 39.3. The summed E-state index contributed by atoms with van der Waals surface area (Å²) in [7, 11) is 3.25. The fraction of sp³-hybridized carbons (Fsp3) is 0.364. The highest BCUT2D eigenvalue weighted by molar-refractivity contribution is 9.10. The van der Waals surface area contributed by atoms with Gasteiger partial charge in [0.25, 0.3) is 0 Å². The zero-order valence-corrected chi connectivity index (χ0v) is 33.8. The number of nitrogens with zero attached hydrogens (tertiary/aromatic N) is 1. The van der Waals surface area contributed by atoms with E-state index in [9.17, 15) is 9.59 Å². The normalized spacial score (nSPS) is 16.0. The van der Waals surface area contributed by atoms with Crippen LogP contribution in [-0.4, -0.2) is 75.1 Å². The lowest BCUT2D eigenvalue weighted by molar-refractivity contribution is -0.0623. The smallest absolute Gasteiger partial charge is 0.410 e. The number of likely N-dealkylation sites (tertiary alicyclic amines) is 1. The molecule has 0 bridgehead atoms. The van der Waals surface area contributed by atoms with Crippen LogP contribution in [-0.2, 0) is 27.4 Å². The Kier molecular flexibility index (Phi) is 14.7. The van der Waals surface area contributed by atoms with Crippen LogP contribution in [0.15, 0.2) is 102 Å². The summed E-state index contributed by atoms with van der Waals surface area (Å²) in [6.07, 6.45) is 2.75. The Morgan fingerprint density at radius 3 is 2.54 bits per heavy atom. The molecular formula is C44H51BrN4O7. The summed E-state index contributed by atoms with van der Waals surface area (Å²) in [6, 6.07) is 29.6. The summed E-state index contributed by atoms with van der Waals surface area (Å²) < 4.78 is 31.1. The average Bonchev–Trinajstić information content (AvgIpc) is 3.62. The molecule has 5 aromatic rings. The van der Waals surface area contributed by atoms with Crippen LogP contribution in [0.1, 0.15) is 59.1 Å². The summed E-state index contributed by atoms with van der Waals surface area (Å²) in [5, 5.41) is 6.65. The van der Waals surface area contributed by atoms with Crippen LogP contribution in [0.4, 0.5) is 9.59 Å². The first-order chi connectivity index (χ1) is 27.3. The first-order valence-corrected chi connectivity index (χ1v) is 19.9. The van der Waals surface area contributed by atoms with Gasteiger partial charge in [-0.1, -0.05) is 72.8 Å². The number of carbonyl (C=O) groups excluding carboxylic acids is 2. The fourth-order valence-electron chi connectivity index (χ4n) is 7.06. The van der Waals surface area contributed by atoms with Crippen LogP contribution in [0.5, 0.6) is 11.5 Å². The number of aromatic nitrogens is 1. The number of rotatable bonds is 17. The van der Waals surface area contributed by atoms with Crippen molar-refractivity contribution in [2.75, 3.05) is 47.0 Å². The Balaban J connectivity index is 1.15. The van der Waals surface area contributed by atoms with Crippen molar-refractivity contribution in [2.45, 2.75) is 57.5 Å². The number of piperidine rings is 1. The topological polar surface area (TPSA) is 123 Å². The lowest BCUT2D eigenvalue weighted by atomic mass is 9.86. The van der Waals surface area contributed by atoms with Crippen molar-refractivity contribution >= 4 is 39.0 Å². The van der Waals surface area contributed by atoms with E-state index in [4.69, 9.17) is 23.7 Å². The molecule has 4 aromatic carbocycles. The van der Waals surface area contributed by atoms with Gasteiger partial charge in [-0.05, 0) is 76.1 Å². The van der Waals surface area contributed by atoms with E-state index in [1.807, 2.05) is 72.9 Å². The second kappa shape index (κ2) is 20.2. The van der Waals surface area contributed by atoms with Gasteiger partial charge in [-0.15, -0.1) is 0 Å². The second-order valence-corrected chi connectivity index (χ2v) is 14.6. The molecule has 3 amide bonds. The number of hydrogen-bond donors (Lipinski definition) is 3. The number of benzene rings is 4. The van der Waals surface area contributed by atoms with Crippen molar-refractivity contribution < 1.29 is 33.3 Å². The highest BCUT2D eigenvalue weighted by Gasteiger charge is 2.36. The summed E-state index contributed by atoms with van der Waals surface area (Å²) >= 11 is 3.87. The number of aromatic amines is 1. The van der Waals surface area contributed by atoms with Crippen molar-refractivity contribution in [1.29, 1.82) is 0 Å². The largest absolute Gasteiger partial charge is 0.496 e. The molecule has 1 aliphatic rings. The quantitative estimate of drug-likeness (QED) is 0.0802. The summed E-state index contributed by atoms with van der Waals surface area (Å²) in [5.74, 6) is 1.57. The molecule has 2 heterocycles. The molecule has 1 fully saturated rings. The minimum absolute atomic E-state index is 0.0183. The highest BCUT2D eigenvalue weighted by atomic mass is 79.9. The molecule has 12 heteroatoms. The molecule has 56 heavy (non-hydrogen) atoms. The first kappa shape index (κ1) is 40.6. The number of ether oxygens (including phenoxy) is 5. The van der Waals surface area contributed by atoms with E-state index < -0.39 is 6.10 Å². The molecule has 296 valence electrons. The molecule has 1 saturated heterocycles. The lowest BCUT2D eigenvalue weighted by Gasteiger charge is -2.40. The third-order valence-electron chi connectivity index (χ3n) is 10.1. The molecule has 1 aliphatic heterocycles. The number of amides is 3. The predicted molar refractivity (Wildman–Crippen MR) is 220 cm³/mol. The van der Waals surface area contributed by atoms with Crippen molar-refractivity contribution in [3.8, 4) is 11.5 Å². The number of aryl methyl sites for hydroxylation is 1. The second-order valence-electron chi connectivity index (χ2n) is 13.8. The Labute approximate surface area is 337 Å². The third kappa shape index (κ3) is 10.6. The van der Waals surface area contributed by atoms with Crippen LogP contribution in [0.25, 0.3) is 10.9 Å². The number of H-pyrrole nitrogens is 1. The van der Waals surface area contributed by atoms with Crippen molar-refractivity contribution in [1.82, 2.24) is 20.5 Å². The van der Waals surface area contributed by atoms with Gasteiger partial charge in [-0.25, -0.2) is 9.59 Å². The first-order valence-electron chi connectivity index (χ1n) is 19.1. The highest BCUT2D eigenvalue weighted by Crippen LogP contribution is 2.39. The minimum Gasteiger partial charge on any atom is -0.496 e. The van der Waals surface area contributed by atoms with E-state index in [1.165, 1.54) is 0 Å². The summed E-state index contributed by atoms with van der Waals surface area (Å²) in [6.45, 7) is 5.07. The monoisotopic (exact) mass is 826 g/mol. The number of para-hydroxylation sites is 1.